The summed E-state index contributed by atoms with van der Waals surface area (Å²) in [5.41, 5.74) is 0.208. The van der Waals surface area contributed by atoms with Crippen molar-refractivity contribution in [2.45, 2.75) is 63.0 Å². The Kier molecular flexibility index (Phi) is 4.62. The third-order valence-electron chi connectivity index (χ3n) is 5.71. The van der Waals surface area contributed by atoms with Gasteiger partial charge in [-0.1, -0.05) is 25.0 Å². The highest BCUT2D eigenvalue weighted by atomic mass is 32.2. The van der Waals surface area contributed by atoms with E-state index in [-0.39, 0.29) is 22.3 Å². The lowest BCUT2D eigenvalue weighted by atomic mass is 9.71. The number of hydrogen-bond donors (Lipinski definition) is 0. The molecule has 0 bridgehead atoms. The number of allylic oxidation sites excluding steroid dienone is 2. The number of rotatable bonds is 3. The summed E-state index contributed by atoms with van der Waals surface area (Å²) in [6.07, 6.45) is 13.3. The van der Waals surface area contributed by atoms with Crippen molar-refractivity contribution in [1.82, 2.24) is 4.90 Å². The summed E-state index contributed by atoms with van der Waals surface area (Å²) in [4.78, 5) is 14.4. The molecule has 0 N–H and O–H groups in total. The first-order valence-electron chi connectivity index (χ1n) is 8.65. The zero-order valence-corrected chi connectivity index (χ0v) is 14.1. The summed E-state index contributed by atoms with van der Waals surface area (Å²) >= 11 is 0. The van der Waals surface area contributed by atoms with E-state index < -0.39 is 9.84 Å². The van der Waals surface area contributed by atoms with Gasteiger partial charge < -0.3 is 4.90 Å². The third kappa shape index (κ3) is 3.39. The summed E-state index contributed by atoms with van der Waals surface area (Å²) < 4.78 is 24.8. The van der Waals surface area contributed by atoms with Gasteiger partial charge in [-0.25, -0.2) is 8.42 Å². The van der Waals surface area contributed by atoms with Gasteiger partial charge in [-0.2, -0.15) is 0 Å². The van der Waals surface area contributed by atoms with E-state index in [0.29, 0.717) is 0 Å². The molecule has 124 valence electrons. The van der Waals surface area contributed by atoms with E-state index in [0.717, 1.165) is 70.9 Å². The lowest BCUT2D eigenvalue weighted by Crippen LogP contribution is -2.48. The fourth-order valence-corrected chi connectivity index (χ4v) is 6.18. The summed E-state index contributed by atoms with van der Waals surface area (Å²) in [5.74, 6) is -0.440. The van der Waals surface area contributed by atoms with Crippen molar-refractivity contribution in [3.8, 4) is 0 Å². The zero-order valence-electron chi connectivity index (χ0n) is 13.3. The van der Waals surface area contributed by atoms with Crippen LogP contribution in [0.4, 0.5) is 0 Å². The standard InChI is InChI=1S/C17H27NO3S/c19-16(13-22(20,21)15-7-2-3-8-15)18-12-6-11-17(14-18)9-4-1-5-10-17/h1,4,15H,2-3,5-14H2/t17-/m1/s1. The second-order valence-corrected chi connectivity index (χ2v) is 9.63. The van der Waals surface area contributed by atoms with Gasteiger partial charge in [-0.05, 0) is 50.4 Å². The van der Waals surface area contributed by atoms with Crippen LogP contribution in [0.15, 0.2) is 12.2 Å². The van der Waals surface area contributed by atoms with Gasteiger partial charge in [0.25, 0.3) is 0 Å². The largest absolute Gasteiger partial charge is 0.341 e. The van der Waals surface area contributed by atoms with Gasteiger partial charge in [0.15, 0.2) is 9.84 Å². The molecule has 0 aromatic heterocycles. The van der Waals surface area contributed by atoms with Crippen LogP contribution in [0.2, 0.25) is 0 Å². The number of nitrogens with zero attached hydrogens (tertiary/aromatic N) is 1. The first kappa shape index (κ1) is 16.0. The van der Waals surface area contributed by atoms with Gasteiger partial charge in [0, 0.05) is 13.1 Å². The first-order valence-corrected chi connectivity index (χ1v) is 10.4. The lowest BCUT2D eigenvalue weighted by molar-refractivity contribution is -0.132. The average molecular weight is 325 g/mol. The quantitative estimate of drug-likeness (QED) is 0.750. The van der Waals surface area contributed by atoms with Crippen LogP contribution < -0.4 is 0 Å². The molecule has 0 aromatic carbocycles. The Hall–Kier alpha value is -0.840. The molecule has 0 unspecified atom stereocenters. The number of piperidine rings is 1. The summed E-state index contributed by atoms with van der Waals surface area (Å²) in [5, 5.41) is -0.271. The number of amides is 1. The summed E-state index contributed by atoms with van der Waals surface area (Å²) in [6.45, 7) is 1.47. The highest BCUT2D eigenvalue weighted by Gasteiger charge is 2.38. The molecule has 4 nitrogen and oxygen atoms in total. The lowest BCUT2D eigenvalue weighted by Gasteiger charge is -2.44. The Morgan fingerprint density at radius 2 is 1.91 bits per heavy atom. The van der Waals surface area contributed by atoms with Gasteiger partial charge in [0.05, 0.1) is 5.25 Å². The van der Waals surface area contributed by atoms with Crippen molar-refractivity contribution < 1.29 is 13.2 Å². The molecule has 1 atom stereocenters. The highest BCUT2D eigenvalue weighted by molar-refractivity contribution is 7.92. The molecule has 1 saturated carbocycles. The fourth-order valence-electron chi connectivity index (χ4n) is 4.36. The second kappa shape index (κ2) is 6.34. The molecule has 5 heteroatoms. The molecule has 1 heterocycles. The van der Waals surface area contributed by atoms with E-state index in [2.05, 4.69) is 12.2 Å². The van der Waals surface area contributed by atoms with Gasteiger partial charge >= 0.3 is 0 Å². The molecule has 0 aromatic rings. The predicted molar refractivity (Wildman–Crippen MR) is 87.3 cm³/mol. The Bertz CT molecular complexity index is 548. The molecule has 2 aliphatic carbocycles. The SMILES string of the molecule is O=C(CS(=O)(=O)C1CCCC1)N1CCC[C@]2(CC=CCC2)C1. The zero-order chi connectivity index (χ0) is 15.6. The molecular formula is C17H27NO3S. The average Bonchev–Trinajstić information content (AvgIpc) is 3.03. The molecule has 1 amide bonds. The van der Waals surface area contributed by atoms with Crippen LogP contribution in [-0.4, -0.2) is 43.3 Å². The van der Waals surface area contributed by atoms with E-state index >= 15 is 0 Å². The number of hydrogen-bond acceptors (Lipinski definition) is 3. The molecule has 0 radical (unpaired) electrons. The summed E-state index contributed by atoms with van der Waals surface area (Å²) in [6, 6.07) is 0. The van der Waals surface area contributed by atoms with Crippen molar-refractivity contribution in [2.24, 2.45) is 5.41 Å². The van der Waals surface area contributed by atoms with Crippen LogP contribution in [0, 0.1) is 5.41 Å². The molecule has 1 spiro atoms. The van der Waals surface area contributed by atoms with Crippen molar-refractivity contribution in [3.63, 3.8) is 0 Å². The minimum absolute atomic E-state index is 0.166. The Balaban J connectivity index is 1.63. The minimum atomic E-state index is -3.26. The maximum Gasteiger partial charge on any atom is 0.237 e. The normalized spacial score (nSPS) is 30.1. The summed E-state index contributed by atoms with van der Waals surface area (Å²) in [7, 11) is -3.26. The maximum absolute atomic E-state index is 12.5. The van der Waals surface area contributed by atoms with Crippen LogP contribution >= 0.6 is 0 Å². The molecule has 3 rings (SSSR count). The second-order valence-electron chi connectivity index (χ2n) is 7.35. The topological polar surface area (TPSA) is 54.5 Å². The van der Waals surface area contributed by atoms with Crippen LogP contribution in [0.5, 0.6) is 0 Å². The maximum atomic E-state index is 12.5. The van der Waals surface area contributed by atoms with Crippen molar-refractivity contribution in [2.75, 3.05) is 18.8 Å². The predicted octanol–water partition coefficient (Wildman–Crippen LogP) is 2.69. The van der Waals surface area contributed by atoms with E-state index in [1.165, 1.54) is 0 Å². The van der Waals surface area contributed by atoms with E-state index in [1.54, 1.807) is 0 Å². The number of sulfone groups is 1. The van der Waals surface area contributed by atoms with Crippen LogP contribution in [0.3, 0.4) is 0 Å². The highest BCUT2D eigenvalue weighted by Crippen LogP contribution is 2.40. The molecule has 1 saturated heterocycles. The molecular weight excluding hydrogens is 298 g/mol. The van der Waals surface area contributed by atoms with Crippen LogP contribution in [0.1, 0.15) is 57.8 Å². The van der Waals surface area contributed by atoms with Gasteiger partial charge in [-0.15, -0.1) is 0 Å². The Labute approximate surface area is 133 Å². The van der Waals surface area contributed by atoms with Crippen molar-refractivity contribution >= 4 is 15.7 Å². The number of likely N-dealkylation sites (tertiary alicyclic amines) is 1. The monoisotopic (exact) mass is 325 g/mol. The van der Waals surface area contributed by atoms with Crippen molar-refractivity contribution in [3.05, 3.63) is 12.2 Å². The van der Waals surface area contributed by atoms with Crippen LogP contribution in [-0.2, 0) is 14.6 Å². The van der Waals surface area contributed by atoms with Crippen molar-refractivity contribution in [1.29, 1.82) is 0 Å². The molecule has 22 heavy (non-hydrogen) atoms. The molecule has 3 aliphatic rings. The van der Waals surface area contributed by atoms with Gasteiger partial charge in [0.1, 0.15) is 5.75 Å². The number of carbonyl (C=O) groups excluding carboxylic acids is 1. The first-order chi connectivity index (χ1) is 10.5. The van der Waals surface area contributed by atoms with E-state index in [1.807, 2.05) is 4.90 Å². The van der Waals surface area contributed by atoms with Crippen LogP contribution in [0.25, 0.3) is 0 Å². The Morgan fingerprint density at radius 3 is 2.59 bits per heavy atom. The molecule has 2 fully saturated rings. The van der Waals surface area contributed by atoms with Gasteiger partial charge in [-0.3, -0.25) is 4.79 Å². The van der Waals surface area contributed by atoms with E-state index in [9.17, 15) is 13.2 Å². The minimum Gasteiger partial charge on any atom is -0.341 e. The van der Waals surface area contributed by atoms with E-state index in [4.69, 9.17) is 0 Å². The third-order valence-corrected chi connectivity index (χ3v) is 7.84. The van der Waals surface area contributed by atoms with Gasteiger partial charge in [0.2, 0.25) is 5.91 Å². The number of carbonyl (C=O) groups is 1. The molecule has 1 aliphatic heterocycles. The smallest absolute Gasteiger partial charge is 0.237 e. The Morgan fingerprint density at radius 1 is 1.14 bits per heavy atom. The fraction of sp³-hybridized carbons (Fsp3) is 0.824.